The number of carbonyl (C=O) groups is 1. The Labute approximate surface area is 132 Å². The highest BCUT2D eigenvalue weighted by Gasteiger charge is 2.19. The molecule has 0 radical (unpaired) electrons. The van der Waals surface area contributed by atoms with Gasteiger partial charge in [0.1, 0.15) is 0 Å². The van der Waals surface area contributed by atoms with Gasteiger partial charge in [-0.05, 0) is 19.1 Å². The molecular formula is C15H16N6O2. The van der Waals surface area contributed by atoms with E-state index in [4.69, 9.17) is 4.42 Å². The van der Waals surface area contributed by atoms with E-state index in [0.717, 1.165) is 5.56 Å². The van der Waals surface area contributed by atoms with E-state index >= 15 is 0 Å². The lowest BCUT2D eigenvalue weighted by molar-refractivity contribution is 0.0923. The number of amides is 1. The molecule has 1 atom stereocenters. The Morgan fingerprint density at radius 1 is 1.35 bits per heavy atom. The number of nitrogens with one attached hydrogen (secondary N) is 2. The normalized spacial score (nSPS) is 12.1. The van der Waals surface area contributed by atoms with Crippen LogP contribution in [0.5, 0.6) is 0 Å². The molecular weight excluding hydrogens is 296 g/mol. The second kappa shape index (κ2) is 6.39. The summed E-state index contributed by atoms with van der Waals surface area (Å²) < 4.78 is 5.61. The molecule has 23 heavy (non-hydrogen) atoms. The summed E-state index contributed by atoms with van der Waals surface area (Å²) in [5.41, 5.74) is 1.38. The van der Waals surface area contributed by atoms with Gasteiger partial charge in [-0.2, -0.15) is 5.21 Å². The zero-order valence-electron chi connectivity index (χ0n) is 12.8. The molecule has 0 saturated carbocycles. The predicted octanol–water partition coefficient (Wildman–Crippen LogP) is 1.70. The molecule has 8 heteroatoms. The van der Waals surface area contributed by atoms with Crippen LogP contribution >= 0.6 is 0 Å². The van der Waals surface area contributed by atoms with Crippen LogP contribution in [0.25, 0.3) is 11.5 Å². The number of hydrogen-bond acceptors (Lipinski definition) is 6. The number of aromatic amines is 1. The molecule has 118 valence electrons. The second-order valence-electron chi connectivity index (χ2n) is 5.18. The van der Waals surface area contributed by atoms with Gasteiger partial charge in [0.2, 0.25) is 11.7 Å². The number of aromatic nitrogens is 5. The van der Waals surface area contributed by atoms with E-state index in [1.165, 1.54) is 0 Å². The van der Waals surface area contributed by atoms with Gasteiger partial charge in [0.05, 0.1) is 5.69 Å². The third-order valence-electron chi connectivity index (χ3n) is 3.39. The number of tetrazole rings is 1. The molecule has 0 spiro atoms. The molecule has 0 aliphatic carbocycles. The Morgan fingerprint density at radius 2 is 2.13 bits per heavy atom. The van der Waals surface area contributed by atoms with Crippen LogP contribution in [0.3, 0.4) is 0 Å². The Balaban J connectivity index is 1.69. The molecule has 0 bridgehead atoms. The lowest BCUT2D eigenvalue weighted by Gasteiger charge is -2.07. The van der Waals surface area contributed by atoms with Gasteiger partial charge in [-0.1, -0.05) is 30.3 Å². The van der Waals surface area contributed by atoms with Crippen molar-refractivity contribution in [3.63, 3.8) is 0 Å². The lowest BCUT2D eigenvalue weighted by Crippen LogP contribution is -2.28. The minimum atomic E-state index is -0.312. The molecule has 1 amide bonds. The summed E-state index contributed by atoms with van der Waals surface area (Å²) in [5, 5.41) is 16.5. The quantitative estimate of drug-likeness (QED) is 0.742. The first-order chi connectivity index (χ1) is 11.1. The predicted molar refractivity (Wildman–Crippen MR) is 81.6 cm³/mol. The van der Waals surface area contributed by atoms with Crippen molar-refractivity contribution in [2.45, 2.75) is 19.8 Å². The van der Waals surface area contributed by atoms with E-state index in [0.29, 0.717) is 24.0 Å². The molecule has 0 fully saturated rings. The minimum Gasteiger partial charge on any atom is -0.431 e. The van der Waals surface area contributed by atoms with Crippen molar-refractivity contribution in [1.29, 1.82) is 0 Å². The highest BCUT2D eigenvalue weighted by atomic mass is 16.4. The summed E-state index contributed by atoms with van der Waals surface area (Å²) in [7, 11) is 0. The monoisotopic (exact) mass is 312 g/mol. The van der Waals surface area contributed by atoms with Gasteiger partial charge in [0, 0.05) is 18.0 Å². The van der Waals surface area contributed by atoms with E-state index in [2.05, 4.69) is 30.9 Å². The molecule has 3 rings (SSSR count). The number of hydrogen-bond donors (Lipinski definition) is 2. The third-order valence-corrected chi connectivity index (χ3v) is 3.39. The van der Waals surface area contributed by atoms with Crippen molar-refractivity contribution in [2.24, 2.45) is 0 Å². The molecule has 1 aromatic carbocycles. The van der Waals surface area contributed by atoms with Crippen LogP contribution in [0.4, 0.5) is 0 Å². The zero-order chi connectivity index (χ0) is 16.2. The van der Waals surface area contributed by atoms with Crippen molar-refractivity contribution >= 4 is 5.91 Å². The molecule has 0 aliphatic rings. The molecule has 8 nitrogen and oxygen atoms in total. The van der Waals surface area contributed by atoms with E-state index < -0.39 is 0 Å². The molecule has 3 aromatic rings. The van der Waals surface area contributed by atoms with Crippen molar-refractivity contribution in [1.82, 2.24) is 30.9 Å². The highest BCUT2D eigenvalue weighted by molar-refractivity contribution is 5.92. The van der Waals surface area contributed by atoms with Crippen LogP contribution < -0.4 is 5.32 Å². The van der Waals surface area contributed by atoms with Gasteiger partial charge in [-0.3, -0.25) is 4.79 Å². The zero-order valence-corrected chi connectivity index (χ0v) is 12.8. The number of nitrogens with zero attached hydrogens (tertiary/aromatic N) is 4. The fourth-order valence-electron chi connectivity index (χ4n) is 2.11. The standard InChI is InChI=1S/C15H16N6O2/c1-9(13-18-20-21-19-13)8-16-14(22)12-10(2)17-15(23-12)11-6-4-3-5-7-11/h3-7,9H,8H2,1-2H3,(H,16,22)(H,18,19,20,21)/t9-/m1/s1. The van der Waals surface area contributed by atoms with E-state index in [1.807, 2.05) is 37.3 Å². The number of H-pyrrole nitrogens is 1. The fraction of sp³-hybridized carbons (Fsp3) is 0.267. The summed E-state index contributed by atoms with van der Waals surface area (Å²) in [6, 6.07) is 9.45. The number of rotatable bonds is 5. The number of benzene rings is 1. The van der Waals surface area contributed by atoms with E-state index in [1.54, 1.807) is 6.92 Å². The van der Waals surface area contributed by atoms with Crippen molar-refractivity contribution in [2.75, 3.05) is 6.54 Å². The number of aryl methyl sites for hydroxylation is 1. The van der Waals surface area contributed by atoms with Crippen LogP contribution in [0, 0.1) is 6.92 Å². The fourth-order valence-corrected chi connectivity index (χ4v) is 2.11. The van der Waals surface area contributed by atoms with Crippen LogP contribution in [0.2, 0.25) is 0 Å². The Hall–Kier alpha value is -3.03. The number of oxazole rings is 1. The second-order valence-corrected chi connectivity index (χ2v) is 5.18. The van der Waals surface area contributed by atoms with E-state index in [9.17, 15) is 4.79 Å². The summed E-state index contributed by atoms with van der Waals surface area (Å²) in [6.45, 7) is 4.01. The Kier molecular flexibility index (Phi) is 4.13. The van der Waals surface area contributed by atoms with Crippen molar-refractivity contribution in [3.05, 3.63) is 47.6 Å². The maximum Gasteiger partial charge on any atom is 0.289 e. The summed E-state index contributed by atoms with van der Waals surface area (Å²) >= 11 is 0. The molecule has 2 aromatic heterocycles. The Morgan fingerprint density at radius 3 is 2.83 bits per heavy atom. The van der Waals surface area contributed by atoms with Gasteiger partial charge in [-0.25, -0.2) is 4.98 Å². The third kappa shape index (κ3) is 3.25. The summed E-state index contributed by atoms with van der Waals surface area (Å²) in [6.07, 6.45) is 0. The minimum absolute atomic E-state index is 0.0606. The molecule has 2 heterocycles. The van der Waals surface area contributed by atoms with Gasteiger partial charge in [0.15, 0.2) is 5.82 Å². The lowest BCUT2D eigenvalue weighted by atomic mass is 10.1. The topological polar surface area (TPSA) is 110 Å². The van der Waals surface area contributed by atoms with Crippen molar-refractivity contribution in [3.8, 4) is 11.5 Å². The van der Waals surface area contributed by atoms with E-state index in [-0.39, 0.29) is 17.6 Å². The molecule has 0 aliphatic heterocycles. The van der Waals surface area contributed by atoms with Crippen LogP contribution in [-0.4, -0.2) is 38.1 Å². The van der Waals surface area contributed by atoms with Crippen LogP contribution in [0.15, 0.2) is 34.7 Å². The largest absolute Gasteiger partial charge is 0.431 e. The average Bonchev–Trinajstić information content (AvgIpc) is 3.23. The van der Waals surface area contributed by atoms with Gasteiger partial charge < -0.3 is 9.73 Å². The van der Waals surface area contributed by atoms with Gasteiger partial charge in [0.25, 0.3) is 5.91 Å². The van der Waals surface area contributed by atoms with Crippen LogP contribution in [0.1, 0.15) is 34.9 Å². The molecule has 2 N–H and O–H groups in total. The Bertz CT molecular complexity index is 782. The first-order valence-corrected chi connectivity index (χ1v) is 7.19. The molecule has 0 saturated heterocycles. The first-order valence-electron chi connectivity index (χ1n) is 7.19. The maximum absolute atomic E-state index is 12.3. The number of carbonyl (C=O) groups excluding carboxylic acids is 1. The van der Waals surface area contributed by atoms with Gasteiger partial charge >= 0.3 is 0 Å². The van der Waals surface area contributed by atoms with Gasteiger partial charge in [-0.15, -0.1) is 10.2 Å². The SMILES string of the molecule is Cc1nc(-c2ccccc2)oc1C(=O)NC[C@@H](C)c1nn[nH]n1. The molecule has 0 unspecified atom stereocenters. The van der Waals surface area contributed by atoms with Crippen LogP contribution in [-0.2, 0) is 0 Å². The smallest absolute Gasteiger partial charge is 0.289 e. The average molecular weight is 312 g/mol. The summed E-state index contributed by atoms with van der Waals surface area (Å²) in [4.78, 5) is 16.6. The van der Waals surface area contributed by atoms with Crippen molar-refractivity contribution < 1.29 is 9.21 Å². The first kappa shape index (κ1) is 14.9. The highest BCUT2D eigenvalue weighted by Crippen LogP contribution is 2.21. The maximum atomic E-state index is 12.3. The summed E-state index contributed by atoms with van der Waals surface area (Å²) in [5.74, 6) is 0.815.